The highest BCUT2D eigenvalue weighted by molar-refractivity contribution is 5.85. The van der Waals surface area contributed by atoms with Crippen molar-refractivity contribution in [2.45, 2.75) is 52.1 Å². The van der Waals surface area contributed by atoms with Crippen LogP contribution in [-0.2, 0) is 16.1 Å². The molecule has 7 heteroatoms. The van der Waals surface area contributed by atoms with Crippen molar-refractivity contribution in [3.05, 3.63) is 71.5 Å². The number of halogens is 2. The van der Waals surface area contributed by atoms with Crippen LogP contribution >= 0.6 is 12.4 Å². The first-order valence-corrected chi connectivity index (χ1v) is 12.5. The third-order valence-corrected chi connectivity index (χ3v) is 7.48. The van der Waals surface area contributed by atoms with Crippen LogP contribution in [0, 0.1) is 17.2 Å². The van der Waals surface area contributed by atoms with Gasteiger partial charge in [-0.1, -0.05) is 56.3 Å². The summed E-state index contributed by atoms with van der Waals surface area (Å²) in [4.78, 5) is 30.0. The highest BCUT2D eigenvalue weighted by Gasteiger charge is 2.47. The van der Waals surface area contributed by atoms with Crippen molar-refractivity contribution >= 4 is 24.2 Å². The fraction of sp³-hybridized carbons (Fsp3) is 0.500. The van der Waals surface area contributed by atoms with Gasteiger partial charge in [0.2, 0.25) is 11.8 Å². The van der Waals surface area contributed by atoms with Gasteiger partial charge in [-0.05, 0) is 62.0 Å². The molecule has 0 saturated carbocycles. The summed E-state index contributed by atoms with van der Waals surface area (Å²) in [5.74, 6) is 0.0259. The summed E-state index contributed by atoms with van der Waals surface area (Å²) in [5, 5.41) is 3.21. The minimum atomic E-state index is -0.251. The van der Waals surface area contributed by atoms with Crippen LogP contribution in [0.3, 0.4) is 0 Å². The molecule has 1 N–H and O–H groups in total. The van der Waals surface area contributed by atoms with Crippen molar-refractivity contribution in [1.82, 2.24) is 15.1 Å². The van der Waals surface area contributed by atoms with Gasteiger partial charge in [-0.15, -0.1) is 12.4 Å². The summed E-state index contributed by atoms with van der Waals surface area (Å²) in [6, 6.07) is 16.6. The molecule has 0 radical (unpaired) electrons. The average Bonchev–Trinajstić information content (AvgIpc) is 3.14. The number of hydrogen-bond donors (Lipinski definition) is 1. The third-order valence-electron chi connectivity index (χ3n) is 7.48. The number of rotatable bonds is 8. The first kappa shape index (κ1) is 27.2. The molecule has 0 unspecified atom stereocenters. The van der Waals surface area contributed by atoms with Gasteiger partial charge < -0.3 is 15.1 Å². The van der Waals surface area contributed by atoms with Gasteiger partial charge in [-0.3, -0.25) is 9.59 Å². The van der Waals surface area contributed by atoms with Gasteiger partial charge in [0.15, 0.2) is 0 Å². The van der Waals surface area contributed by atoms with Gasteiger partial charge in [0, 0.05) is 25.6 Å². The van der Waals surface area contributed by atoms with Gasteiger partial charge in [0.05, 0.1) is 11.5 Å². The summed E-state index contributed by atoms with van der Waals surface area (Å²) in [6.45, 7) is 7.85. The van der Waals surface area contributed by atoms with E-state index in [1.54, 1.807) is 12.1 Å². The molecule has 1 atom stereocenters. The predicted octanol–water partition coefficient (Wildman–Crippen LogP) is 4.97. The smallest absolute Gasteiger partial charge is 0.229 e. The molecule has 0 aromatic heterocycles. The Morgan fingerprint density at radius 3 is 2.26 bits per heavy atom. The summed E-state index contributed by atoms with van der Waals surface area (Å²) < 4.78 is 13.2. The fourth-order valence-corrected chi connectivity index (χ4v) is 5.18. The van der Waals surface area contributed by atoms with Gasteiger partial charge >= 0.3 is 0 Å². The van der Waals surface area contributed by atoms with E-state index < -0.39 is 0 Å². The molecule has 4 rings (SSSR count). The summed E-state index contributed by atoms with van der Waals surface area (Å²) in [7, 11) is 0. The minimum Gasteiger partial charge on any atom is -0.349 e. The monoisotopic (exact) mass is 501 g/mol. The Morgan fingerprint density at radius 1 is 1.00 bits per heavy atom. The molecule has 5 nitrogen and oxygen atoms in total. The number of amides is 2. The van der Waals surface area contributed by atoms with Gasteiger partial charge in [0.25, 0.3) is 0 Å². The van der Waals surface area contributed by atoms with Gasteiger partial charge in [-0.25, -0.2) is 4.39 Å². The van der Waals surface area contributed by atoms with Crippen molar-refractivity contribution < 1.29 is 14.0 Å². The zero-order valence-electron chi connectivity index (χ0n) is 20.7. The Hall–Kier alpha value is -2.44. The normalized spacial score (nSPS) is 18.5. The summed E-state index contributed by atoms with van der Waals surface area (Å²) in [5.41, 5.74) is 1.85. The van der Waals surface area contributed by atoms with Crippen LogP contribution < -0.4 is 5.32 Å². The molecule has 0 aliphatic carbocycles. The zero-order valence-corrected chi connectivity index (χ0v) is 21.5. The van der Waals surface area contributed by atoms with Crippen molar-refractivity contribution in [3.63, 3.8) is 0 Å². The van der Waals surface area contributed by atoms with E-state index in [0.29, 0.717) is 6.54 Å². The maximum atomic E-state index is 13.3. The number of likely N-dealkylation sites (tertiary alicyclic amines) is 2. The van der Waals surface area contributed by atoms with E-state index in [9.17, 15) is 14.0 Å². The second-order valence-electron chi connectivity index (χ2n) is 10.1. The molecule has 35 heavy (non-hydrogen) atoms. The second-order valence-corrected chi connectivity index (χ2v) is 10.1. The molecule has 1 spiro atoms. The molecule has 2 amide bonds. The van der Waals surface area contributed by atoms with Crippen molar-refractivity contribution in [2.75, 3.05) is 26.2 Å². The number of benzene rings is 2. The molecule has 2 aliphatic rings. The molecular weight excluding hydrogens is 465 g/mol. The Morgan fingerprint density at radius 2 is 1.63 bits per heavy atom. The molecular formula is C28H37ClFN3O2. The molecule has 2 aromatic carbocycles. The molecule has 2 saturated heterocycles. The first-order chi connectivity index (χ1) is 16.4. The molecule has 2 heterocycles. The van der Waals surface area contributed by atoms with Crippen LogP contribution in [0.2, 0.25) is 0 Å². The first-order valence-electron chi connectivity index (χ1n) is 12.5. The lowest BCUT2D eigenvalue weighted by atomic mass is 9.77. The van der Waals surface area contributed by atoms with Crippen molar-refractivity contribution in [2.24, 2.45) is 11.3 Å². The predicted molar refractivity (Wildman–Crippen MR) is 139 cm³/mol. The van der Waals surface area contributed by atoms with Crippen LogP contribution in [0.4, 0.5) is 4.39 Å². The maximum absolute atomic E-state index is 13.3. The highest BCUT2D eigenvalue weighted by atomic mass is 35.5. The number of carbonyl (C=O) groups is 2. The average molecular weight is 502 g/mol. The number of piperidine rings is 1. The van der Waals surface area contributed by atoms with E-state index in [0.717, 1.165) is 63.0 Å². The SMILES string of the molecule is CC(C)C(=O)N[C@@H](CCN1CCC2(CC1)CCN(Cc1ccc(F)cc1)C2=O)c1ccccc1.Cl. The van der Waals surface area contributed by atoms with E-state index in [1.165, 1.54) is 12.1 Å². The fourth-order valence-electron chi connectivity index (χ4n) is 5.18. The van der Waals surface area contributed by atoms with E-state index in [2.05, 4.69) is 22.3 Å². The maximum Gasteiger partial charge on any atom is 0.229 e. The lowest BCUT2D eigenvalue weighted by Gasteiger charge is -2.38. The Labute approximate surface area is 214 Å². The molecule has 2 fully saturated rings. The van der Waals surface area contributed by atoms with Gasteiger partial charge in [0.1, 0.15) is 5.82 Å². The van der Waals surface area contributed by atoms with Crippen LogP contribution in [-0.4, -0.2) is 47.8 Å². The van der Waals surface area contributed by atoms with E-state index in [-0.39, 0.29) is 47.4 Å². The van der Waals surface area contributed by atoms with Crippen molar-refractivity contribution in [1.29, 1.82) is 0 Å². The topological polar surface area (TPSA) is 52.7 Å². The minimum absolute atomic E-state index is 0. The van der Waals surface area contributed by atoms with Gasteiger partial charge in [-0.2, -0.15) is 0 Å². The molecule has 2 aliphatic heterocycles. The number of hydrogen-bond acceptors (Lipinski definition) is 3. The largest absolute Gasteiger partial charge is 0.349 e. The molecule has 2 aromatic rings. The van der Waals surface area contributed by atoms with Crippen LogP contribution in [0.5, 0.6) is 0 Å². The quantitative estimate of drug-likeness (QED) is 0.556. The molecule has 0 bridgehead atoms. The third kappa shape index (κ3) is 6.62. The second kappa shape index (κ2) is 12.0. The summed E-state index contributed by atoms with van der Waals surface area (Å²) >= 11 is 0. The number of nitrogens with one attached hydrogen (secondary N) is 1. The Balaban J connectivity index is 0.00000342. The summed E-state index contributed by atoms with van der Waals surface area (Å²) in [6.07, 6.45) is 3.50. The van der Waals surface area contributed by atoms with Crippen LogP contribution in [0.1, 0.15) is 56.7 Å². The van der Waals surface area contributed by atoms with E-state index in [1.807, 2.05) is 36.9 Å². The van der Waals surface area contributed by atoms with E-state index >= 15 is 0 Å². The number of carbonyl (C=O) groups excluding carboxylic acids is 2. The lowest BCUT2D eigenvalue weighted by Crippen LogP contribution is -2.45. The van der Waals surface area contributed by atoms with Crippen LogP contribution in [0.25, 0.3) is 0 Å². The highest BCUT2D eigenvalue weighted by Crippen LogP contribution is 2.42. The van der Waals surface area contributed by atoms with Crippen LogP contribution in [0.15, 0.2) is 54.6 Å². The Kier molecular flexibility index (Phi) is 9.31. The lowest BCUT2D eigenvalue weighted by molar-refractivity contribution is -0.139. The van der Waals surface area contributed by atoms with Crippen molar-refractivity contribution in [3.8, 4) is 0 Å². The zero-order chi connectivity index (χ0) is 24.1. The van der Waals surface area contributed by atoms with E-state index in [4.69, 9.17) is 0 Å². The number of nitrogens with zero attached hydrogens (tertiary/aromatic N) is 2. The Bertz CT molecular complexity index is 975. The molecule has 190 valence electrons. The standard InChI is InChI=1S/C28H36FN3O2.ClH/c1-21(2)26(33)30-25(23-6-4-3-5-7-23)12-16-31-17-13-28(14-18-31)15-19-32(27(28)34)20-22-8-10-24(29)11-9-22;/h3-11,21,25H,12-20H2,1-2H3,(H,30,33);1H/t25-;/m0./s1.